The molecule has 0 radical (unpaired) electrons. The molecule has 1 aliphatic heterocycles. The molecule has 1 atom stereocenters. The van der Waals surface area contributed by atoms with E-state index in [1.54, 1.807) is 26.4 Å². The number of nitrogens with zero attached hydrogens (tertiary/aromatic N) is 1. The van der Waals surface area contributed by atoms with Crippen molar-refractivity contribution in [2.45, 2.75) is 32.2 Å². The molecule has 7 heteroatoms. The molecule has 1 N–H and O–H groups in total. The van der Waals surface area contributed by atoms with Crippen LogP contribution < -0.4 is 19.5 Å². The minimum absolute atomic E-state index is 0.0751. The number of carbonyl (C=O) groups excluding carboxylic acids is 1. The highest BCUT2D eigenvalue weighted by molar-refractivity contribution is 6.32. The van der Waals surface area contributed by atoms with Gasteiger partial charge in [0.05, 0.1) is 31.9 Å². The Kier molecular flexibility index (Phi) is 8.43. The fourth-order valence-electron chi connectivity index (χ4n) is 3.85. The maximum Gasteiger partial charge on any atom is 0.251 e. The van der Waals surface area contributed by atoms with Crippen molar-refractivity contribution in [3.8, 4) is 17.2 Å². The number of hydrogen-bond acceptors (Lipinski definition) is 5. The predicted octanol–water partition coefficient (Wildman–Crippen LogP) is 4.71. The van der Waals surface area contributed by atoms with Crippen LogP contribution in [0.2, 0.25) is 5.02 Å². The van der Waals surface area contributed by atoms with Gasteiger partial charge in [-0.15, -0.1) is 0 Å². The number of methoxy groups -OCH3 is 2. The molecule has 0 spiro atoms. The maximum atomic E-state index is 13.0. The lowest BCUT2D eigenvalue weighted by Gasteiger charge is -2.28. The second-order valence-corrected chi connectivity index (χ2v) is 7.99. The number of halogens is 1. The van der Waals surface area contributed by atoms with Crippen molar-refractivity contribution >= 4 is 17.5 Å². The summed E-state index contributed by atoms with van der Waals surface area (Å²) in [6.45, 7) is 5.06. The molecule has 0 aliphatic carbocycles. The van der Waals surface area contributed by atoms with E-state index in [1.807, 2.05) is 25.1 Å². The Morgan fingerprint density at radius 2 is 1.94 bits per heavy atom. The van der Waals surface area contributed by atoms with Gasteiger partial charge in [0.25, 0.3) is 5.91 Å². The molecule has 1 fully saturated rings. The van der Waals surface area contributed by atoms with E-state index in [-0.39, 0.29) is 11.9 Å². The van der Waals surface area contributed by atoms with Crippen LogP contribution in [0, 0.1) is 0 Å². The van der Waals surface area contributed by atoms with Gasteiger partial charge in [-0.05, 0) is 62.2 Å². The number of amides is 1. The standard InChI is InChI=1S/C24H31ClN2O4/c1-4-12-31-23-20(25)14-18(15-22(23)30-3)24(28)26-16-21(27-10-5-6-11-27)17-8-7-9-19(13-17)29-2/h7-9,13-15,21H,4-6,10-12,16H2,1-3H3,(H,26,28). The van der Waals surface area contributed by atoms with Gasteiger partial charge in [-0.25, -0.2) is 0 Å². The number of nitrogens with one attached hydrogen (secondary N) is 1. The first-order valence-corrected chi connectivity index (χ1v) is 11.1. The fraction of sp³-hybridized carbons (Fsp3) is 0.458. The topological polar surface area (TPSA) is 60.0 Å². The zero-order chi connectivity index (χ0) is 22.2. The molecule has 1 aliphatic rings. The summed E-state index contributed by atoms with van der Waals surface area (Å²) in [5.74, 6) is 1.53. The molecular formula is C24H31ClN2O4. The Bertz CT molecular complexity index is 884. The average molecular weight is 447 g/mol. The van der Waals surface area contributed by atoms with Crippen LogP contribution in [-0.4, -0.2) is 51.3 Å². The monoisotopic (exact) mass is 446 g/mol. The van der Waals surface area contributed by atoms with Crippen molar-refractivity contribution in [1.82, 2.24) is 10.2 Å². The number of benzene rings is 2. The Hall–Kier alpha value is -2.44. The predicted molar refractivity (Wildman–Crippen MR) is 123 cm³/mol. The number of hydrogen-bond donors (Lipinski definition) is 1. The van der Waals surface area contributed by atoms with E-state index in [1.165, 1.54) is 12.8 Å². The summed E-state index contributed by atoms with van der Waals surface area (Å²) in [6.07, 6.45) is 3.19. The van der Waals surface area contributed by atoms with Crippen molar-refractivity contribution in [1.29, 1.82) is 0 Å². The first-order chi connectivity index (χ1) is 15.1. The third-order valence-electron chi connectivity index (χ3n) is 5.46. The molecule has 2 aromatic carbocycles. The first kappa shape index (κ1) is 23.2. The molecule has 168 valence electrons. The van der Waals surface area contributed by atoms with E-state index in [0.717, 1.165) is 30.8 Å². The Labute approximate surface area is 189 Å². The highest BCUT2D eigenvalue weighted by Gasteiger charge is 2.25. The van der Waals surface area contributed by atoms with Crippen LogP contribution in [0.4, 0.5) is 0 Å². The SMILES string of the molecule is CCCOc1c(Cl)cc(C(=O)NCC(c2cccc(OC)c2)N2CCCC2)cc1OC. The van der Waals surface area contributed by atoms with Gasteiger partial charge < -0.3 is 19.5 Å². The largest absolute Gasteiger partial charge is 0.497 e. The van der Waals surface area contributed by atoms with Gasteiger partial charge in [0.2, 0.25) is 0 Å². The summed E-state index contributed by atoms with van der Waals surface area (Å²) in [7, 11) is 3.20. The Balaban J connectivity index is 1.76. The van der Waals surface area contributed by atoms with Crippen molar-refractivity contribution < 1.29 is 19.0 Å². The fourth-order valence-corrected chi connectivity index (χ4v) is 4.11. The van der Waals surface area contributed by atoms with E-state index in [0.29, 0.717) is 35.2 Å². The van der Waals surface area contributed by atoms with Crippen LogP contribution in [0.1, 0.15) is 48.1 Å². The highest BCUT2D eigenvalue weighted by atomic mass is 35.5. The third kappa shape index (κ3) is 5.83. The summed E-state index contributed by atoms with van der Waals surface area (Å²) in [6, 6.07) is 11.4. The molecule has 3 rings (SSSR count). The van der Waals surface area contributed by atoms with Gasteiger partial charge in [0.15, 0.2) is 11.5 Å². The minimum Gasteiger partial charge on any atom is -0.497 e. The quantitative estimate of drug-likeness (QED) is 0.572. The van der Waals surface area contributed by atoms with E-state index >= 15 is 0 Å². The second kappa shape index (κ2) is 11.3. The third-order valence-corrected chi connectivity index (χ3v) is 5.74. The second-order valence-electron chi connectivity index (χ2n) is 7.58. The van der Waals surface area contributed by atoms with Crippen molar-refractivity contribution in [3.63, 3.8) is 0 Å². The van der Waals surface area contributed by atoms with Crippen molar-refractivity contribution in [2.75, 3.05) is 40.5 Å². The number of ether oxygens (including phenoxy) is 3. The van der Waals surface area contributed by atoms with Crippen molar-refractivity contribution in [3.05, 3.63) is 52.5 Å². The molecular weight excluding hydrogens is 416 g/mol. The molecule has 0 bridgehead atoms. The van der Waals surface area contributed by atoms with Gasteiger partial charge in [-0.3, -0.25) is 9.69 Å². The van der Waals surface area contributed by atoms with E-state index in [9.17, 15) is 4.79 Å². The molecule has 1 amide bonds. The first-order valence-electron chi connectivity index (χ1n) is 10.7. The van der Waals surface area contributed by atoms with Crippen LogP contribution in [0.3, 0.4) is 0 Å². The molecule has 0 saturated carbocycles. The summed E-state index contributed by atoms with van der Waals surface area (Å²) >= 11 is 6.38. The zero-order valence-electron chi connectivity index (χ0n) is 18.4. The number of rotatable bonds is 10. The van der Waals surface area contributed by atoms with Crippen LogP contribution in [-0.2, 0) is 0 Å². The van der Waals surface area contributed by atoms with Crippen LogP contribution in [0.25, 0.3) is 0 Å². The van der Waals surface area contributed by atoms with Gasteiger partial charge >= 0.3 is 0 Å². The van der Waals surface area contributed by atoms with Gasteiger partial charge in [0, 0.05) is 12.1 Å². The average Bonchev–Trinajstić information content (AvgIpc) is 3.32. The number of carbonyl (C=O) groups is 1. The van der Waals surface area contributed by atoms with Gasteiger partial charge in [0.1, 0.15) is 5.75 Å². The highest BCUT2D eigenvalue weighted by Crippen LogP contribution is 2.36. The molecule has 0 aromatic heterocycles. The molecule has 1 unspecified atom stereocenters. The van der Waals surface area contributed by atoms with Crippen LogP contribution >= 0.6 is 11.6 Å². The lowest BCUT2D eigenvalue weighted by atomic mass is 10.0. The molecule has 2 aromatic rings. The smallest absolute Gasteiger partial charge is 0.251 e. The lowest BCUT2D eigenvalue weighted by Crippen LogP contribution is -2.36. The van der Waals surface area contributed by atoms with Gasteiger partial charge in [-0.1, -0.05) is 30.7 Å². The summed E-state index contributed by atoms with van der Waals surface area (Å²) in [5, 5.41) is 3.44. The maximum absolute atomic E-state index is 13.0. The summed E-state index contributed by atoms with van der Waals surface area (Å²) in [5.41, 5.74) is 1.57. The Morgan fingerprint density at radius 3 is 2.61 bits per heavy atom. The lowest BCUT2D eigenvalue weighted by molar-refractivity contribution is 0.0937. The molecule has 1 heterocycles. The van der Waals surface area contributed by atoms with Crippen molar-refractivity contribution in [2.24, 2.45) is 0 Å². The minimum atomic E-state index is -0.200. The van der Waals surface area contributed by atoms with Crippen LogP contribution in [0.5, 0.6) is 17.2 Å². The Morgan fingerprint density at radius 1 is 1.16 bits per heavy atom. The van der Waals surface area contributed by atoms with E-state index in [2.05, 4.69) is 16.3 Å². The molecule has 6 nitrogen and oxygen atoms in total. The zero-order valence-corrected chi connectivity index (χ0v) is 19.2. The number of likely N-dealkylation sites (tertiary alicyclic amines) is 1. The van der Waals surface area contributed by atoms with Crippen LogP contribution in [0.15, 0.2) is 36.4 Å². The normalized spacial score (nSPS) is 14.8. The molecule has 31 heavy (non-hydrogen) atoms. The van der Waals surface area contributed by atoms with E-state index in [4.69, 9.17) is 25.8 Å². The summed E-state index contributed by atoms with van der Waals surface area (Å²) < 4.78 is 16.5. The molecule has 1 saturated heterocycles. The van der Waals surface area contributed by atoms with Gasteiger partial charge in [-0.2, -0.15) is 0 Å². The van der Waals surface area contributed by atoms with E-state index < -0.39 is 0 Å². The summed E-state index contributed by atoms with van der Waals surface area (Å²) in [4.78, 5) is 15.4.